The van der Waals surface area contributed by atoms with Gasteiger partial charge < -0.3 is 9.47 Å². The predicted molar refractivity (Wildman–Crippen MR) is 98.9 cm³/mol. The smallest absolute Gasteiger partial charge is 0.322 e. The van der Waals surface area contributed by atoms with Crippen molar-refractivity contribution in [2.24, 2.45) is 0 Å². The second-order valence-corrected chi connectivity index (χ2v) is 7.94. The van der Waals surface area contributed by atoms with Crippen LogP contribution in [0.4, 0.5) is 5.69 Å². The summed E-state index contributed by atoms with van der Waals surface area (Å²) in [4.78, 5) is 8.08. The molecule has 0 atom stereocenters. The monoisotopic (exact) mass is 481 g/mol. The van der Waals surface area contributed by atoms with E-state index in [0.717, 1.165) is 4.52 Å². The lowest BCUT2D eigenvalue weighted by Gasteiger charge is -2.08. The van der Waals surface area contributed by atoms with E-state index >= 15 is 0 Å². The van der Waals surface area contributed by atoms with Crippen LogP contribution >= 0.6 is 39.1 Å². The number of para-hydroxylation sites is 1. The van der Waals surface area contributed by atoms with Crippen LogP contribution < -0.4 is 14.2 Å². The first kappa shape index (κ1) is 19.0. The molecule has 13 heteroatoms. The van der Waals surface area contributed by atoms with E-state index in [9.17, 15) is 8.42 Å². The van der Waals surface area contributed by atoms with E-state index < -0.39 is 15.2 Å². The van der Waals surface area contributed by atoms with E-state index in [1.165, 1.54) is 26.4 Å². The standard InChI is InChI=1S/C13H10BrCl2N5O4S/c1-24-11-8(14)10-17-12(19-21(10)13(18-11)25-2)26(22,23)20-9-6(15)4-3-5-7(9)16/h3-5,20H,1-2H3. The summed E-state index contributed by atoms with van der Waals surface area (Å²) in [5.74, 6) is 0.160. The van der Waals surface area contributed by atoms with E-state index in [2.05, 4.69) is 35.7 Å². The molecule has 0 aliphatic carbocycles. The second kappa shape index (κ2) is 7.06. The fourth-order valence-corrected chi connectivity index (χ4v) is 4.09. The van der Waals surface area contributed by atoms with E-state index in [1.54, 1.807) is 6.07 Å². The zero-order chi connectivity index (χ0) is 19.1. The minimum absolute atomic E-state index is 0.00947. The SMILES string of the molecule is COc1nc(OC)n2nc(S(=O)(=O)Nc3c(Cl)cccc3Cl)nc2c1Br. The molecule has 3 rings (SSSR count). The van der Waals surface area contributed by atoms with Crippen molar-refractivity contribution < 1.29 is 17.9 Å². The van der Waals surface area contributed by atoms with E-state index in [1.807, 2.05) is 0 Å². The molecule has 0 unspecified atom stereocenters. The number of fused-ring (bicyclic) bond motifs is 1. The molecular formula is C13H10BrCl2N5O4S. The summed E-state index contributed by atoms with van der Waals surface area (Å²) >= 11 is 15.3. The topological polar surface area (TPSA) is 108 Å². The molecule has 0 aliphatic rings. The molecule has 2 aromatic heterocycles. The number of rotatable bonds is 5. The number of halogens is 3. The van der Waals surface area contributed by atoms with Crippen LogP contribution in [0.2, 0.25) is 10.0 Å². The predicted octanol–water partition coefficient (Wildman–Crippen LogP) is 3.01. The van der Waals surface area contributed by atoms with Gasteiger partial charge in [0.05, 0.1) is 30.0 Å². The van der Waals surface area contributed by atoms with Gasteiger partial charge in [-0.05, 0) is 28.1 Å². The van der Waals surface area contributed by atoms with Crippen LogP contribution in [0.5, 0.6) is 11.9 Å². The van der Waals surface area contributed by atoms with E-state index in [4.69, 9.17) is 32.7 Å². The average molecular weight is 483 g/mol. The molecule has 138 valence electrons. The highest BCUT2D eigenvalue weighted by Gasteiger charge is 2.26. The zero-order valence-electron chi connectivity index (χ0n) is 13.2. The third kappa shape index (κ3) is 3.27. The minimum Gasteiger partial charge on any atom is -0.480 e. The Morgan fingerprint density at radius 3 is 2.38 bits per heavy atom. The van der Waals surface area contributed by atoms with Crippen molar-refractivity contribution in [1.82, 2.24) is 19.6 Å². The fourth-order valence-electron chi connectivity index (χ4n) is 2.00. The second-order valence-electron chi connectivity index (χ2n) is 4.75. The molecule has 0 spiro atoms. The van der Waals surface area contributed by atoms with Gasteiger partial charge in [-0.15, -0.1) is 5.10 Å². The van der Waals surface area contributed by atoms with Crippen molar-refractivity contribution in [3.8, 4) is 11.9 Å². The highest BCUT2D eigenvalue weighted by molar-refractivity contribution is 9.10. The lowest BCUT2D eigenvalue weighted by atomic mass is 10.3. The maximum Gasteiger partial charge on any atom is 0.322 e. The van der Waals surface area contributed by atoms with E-state index in [-0.39, 0.29) is 33.3 Å². The maximum atomic E-state index is 12.7. The number of hydrogen-bond donors (Lipinski definition) is 1. The van der Waals surface area contributed by atoms with Gasteiger partial charge in [0.15, 0.2) is 5.65 Å². The highest BCUT2D eigenvalue weighted by atomic mass is 79.9. The summed E-state index contributed by atoms with van der Waals surface area (Å²) < 4.78 is 39.2. The third-order valence-corrected chi connectivity index (χ3v) is 5.62. The van der Waals surface area contributed by atoms with Crippen LogP contribution in [0.3, 0.4) is 0 Å². The first-order chi connectivity index (χ1) is 12.3. The molecular weight excluding hydrogens is 473 g/mol. The van der Waals surface area contributed by atoms with Crippen LogP contribution in [0.15, 0.2) is 27.8 Å². The Kier molecular flexibility index (Phi) is 5.15. The summed E-state index contributed by atoms with van der Waals surface area (Å²) in [5, 5.41) is 3.68. The van der Waals surface area contributed by atoms with Gasteiger partial charge in [-0.25, -0.2) is 0 Å². The summed E-state index contributed by atoms with van der Waals surface area (Å²) in [6.45, 7) is 0. The van der Waals surface area contributed by atoms with Gasteiger partial charge in [0.25, 0.3) is 15.2 Å². The Balaban J connectivity index is 2.14. The van der Waals surface area contributed by atoms with Gasteiger partial charge in [-0.2, -0.15) is 22.9 Å². The molecule has 0 bridgehead atoms. The average Bonchev–Trinajstić information content (AvgIpc) is 3.06. The molecule has 2 heterocycles. The number of aromatic nitrogens is 4. The molecule has 3 aromatic rings. The molecule has 1 aromatic carbocycles. The Labute approximate surface area is 166 Å². The lowest BCUT2D eigenvalue weighted by molar-refractivity contribution is 0.341. The molecule has 1 N–H and O–H groups in total. The van der Waals surface area contributed by atoms with Crippen molar-refractivity contribution in [3.05, 3.63) is 32.7 Å². The zero-order valence-corrected chi connectivity index (χ0v) is 17.1. The number of benzene rings is 1. The van der Waals surface area contributed by atoms with Gasteiger partial charge in [0, 0.05) is 0 Å². The van der Waals surface area contributed by atoms with Gasteiger partial charge in [-0.3, -0.25) is 4.72 Å². The number of ether oxygens (including phenoxy) is 2. The van der Waals surface area contributed by atoms with Gasteiger partial charge in [-0.1, -0.05) is 29.3 Å². The number of nitrogens with one attached hydrogen (secondary N) is 1. The Morgan fingerprint density at radius 2 is 1.81 bits per heavy atom. The number of hydrogen-bond acceptors (Lipinski definition) is 7. The summed E-state index contributed by atoms with van der Waals surface area (Å²) in [6.07, 6.45) is 0. The first-order valence-corrected chi connectivity index (χ1v) is 9.82. The number of methoxy groups -OCH3 is 2. The normalized spacial score (nSPS) is 11.6. The van der Waals surface area contributed by atoms with Crippen molar-refractivity contribution >= 4 is 60.5 Å². The highest BCUT2D eigenvalue weighted by Crippen LogP contribution is 2.33. The maximum absolute atomic E-state index is 12.7. The summed E-state index contributed by atoms with van der Waals surface area (Å²) in [6, 6.07) is 4.57. The Morgan fingerprint density at radius 1 is 1.15 bits per heavy atom. The number of anilines is 1. The van der Waals surface area contributed by atoms with Gasteiger partial charge in [0.2, 0.25) is 5.88 Å². The van der Waals surface area contributed by atoms with Crippen molar-refractivity contribution in [2.75, 3.05) is 18.9 Å². The van der Waals surface area contributed by atoms with Crippen molar-refractivity contribution in [1.29, 1.82) is 0 Å². The lowest BCUT2D eigenvalue weighted by Crippen LogP contribution is -2.15. The van der Waals surface area contributed by atoms with Crippen molar-refractivity contribution in [2.45, 2.75) is 5.16 Å². The Hall–Kier alpha value is -1.82. The van der Waals surface area contributed by atoms with Gasteiger partial charge >= 0.3 is 6.01 Å². The number of nitrogens with zero attached hydrogens (tertiary/aromatic N) is 4. The van der Waals surface area contributed by atoms with Crippen LogP contribution in [-0.4, -0.2) is 42.2 Å². The molecule has 0 radical (unpaired) electrons. The van der Waals surface area contributed by atoms with Crippen molar-refractivity contribution in [3.63, 3.8) is 0 Å². The third-order valence-electron chi connectivity index (χ3n) is 3.17. The van der Waals surface area contributed by atoms with E-state index in [0.29, 0.717) is 4.47 Å². The van der Waals surface area contributed by atoms with Gasteiger partial charge in [0.1, 0.15) is 4.47 Å². The molecule has 0 aliphatic heterocycles. The minimum atomic E-state index is -4.19. The summed E-state index contributed by atoms with van der Waals surface area (Å²) in [7, 11) is -1.43. The first-order valence-electron chi connectivity index (χ1n) is 6.79. The number of sulfonamides is 1. The summed E-state index contributed by atoms with van der Waals surface area (Å²) in [5.41, 5.74) is 0.163. The van der Waals surface area contributed by atoms with Crippen LogP contribution in [0, 0.1) is 0 Å². The molecule has 0 saturated heterocycles. The fraction of sp³-hybridized carbons (Fsp3) is 0.154. The van der Waals surface area contributed by atoms with Crippen LogP contribution in [-0.2, 0) is 10.0 Å². The quantitative estimate of drug-likeness (QED) is 0.595. The molecule has 0 saturated carbocycles. The molecule has 0 amide bonds. The Bertz CT molecular complexity index is 1090. The molecule has 26 heavy (non-hydrogen) atoms. The van der Waals surface area contributed by atoms with Crippen LogP contribution in [0.1, 0.15) is 0 Å². The largest absolute Gasteiger partial charge is 0.480 e. The molecule has 9 nitrogen and oxygen atoms in total. The van der Waals surface area contributed by atoms with Crippen LogP contribution in [0.25, 0.3) is 5.65 Å². The molecule has 0 fully saturated rings.